The van der Waals surface area contributed by atoms with E-state index in [1.165, 1.54) is 11.6 Å². The van der Waals surface area contributed by atoms with E-state index < -0.39 is 11.2 Å². The van der Waals surface area contributed by atoms with Crippen molar-refractivity contribution in [2.75, 3.05) is 43.1 Å². The fourth-order valence-corrected chi connectivity index (χ4v) is 4.64. The van der Waals surface area contributed by atoms with Gasteiger partial charge in [0.05, 0.1) is 13.7 Å². The molecule has 5 rings (SSSR count). The number of ketones is 1. The smallest absolute Gasteiger partial charge is 0.332 e. The van der Waals surface area contributed by atoms with E-state index in [9.17, 15) is 14.4 Å². The standard InChI is InChI=1S/C26H28N6O4/c1-28-23-22(24(34)29(2)26(28)35)32(17-21(33)18-7-5-4-6-8-18)25(27-23)31-15-13-30(14-16-31)19-9-11-20(36-3)12-10-19/h4-12H,13-17H2,1-3H3. The summed E-state index contributed by atoms with van der Waals surface area (Å²) < 4.78 is 9.33. The Balaban J connectivity index is 1.51. The van der Waals surface area contributed by atoms with Gasteiger partial charge >= 0.3 is 5.69 Å². The molecule has 0 aliphatic carbocycles. The first-order chi connectivity index (χ1) is 17.4. The van der Waals surface area contributed by atoms with Crippen molar-refractivity contribution in [2.24, 2.45) is 14.1 Å². The zero-order valence-electron chi connectivity index (χ0n) is 20.5. The minimum atomic E-state index is -0.468. The zero-order valence-corrected chi connectivity index (χ0v) is 20.5. The number of anilines is 2. The molecule has 1 aliphatic rings. The Labute approximate surface area is 207 Å². The van der Waals surface area contributed by atoms with Crippen molar-refractivity contribution in [2.45, 2.75) is 6.54 Å². The number of ether oxygens (including phenoxy) is 1. The number of aromatic nitrogens is 4. The molecule has 0 unspecified atom stereocenters. The minimum absolute atomic E-state index is 0.0536. The lowest BCUT2D eigenvalue weighted by atomic mass is 10.1. The highest BCUT2D eigenvalue weighted by atomic mass is 16.5. The molecule has 0 bridgehead atoms. The second-order valence-electron chi connectivity index (χ2n) is 8.84. The molecule has 3 heterocycles. The molecule has 0 spiro atoms. The molecular weight excluding hydrogens is 460 g/mol. The van der Waals surface area contributed by atoms with Crippen LogP contribution in [0.3, 0.4) is 0 Å². The molecule has 0 radical (unpaired) electrons. The van der Waals surface area contributed by atoms with E-state index in [0.29, 0.717) is 24.6 Å². The van der Waals surface area contributed by atoms with Crippen molar-refractivity contribution < 1.29 is 9.53 Å². The Morgan fingerprint density at radius 1 is 0.889 bits per heavy atom. The lowest BCUT2D eigenvalue weighted by Crippen LogP contribution is -2.47. The largest absolute Gasteiger partial charge is 0.497 e. The molecule has 1 saturated heterocycles. The number of rotatable bonds is 6. The van der Waals surface area contributed by atoms with Gasteiger partial charge in [-0.05, 0) is 24.3 Å². The number of nitrogens with zero attached hydrogens (tertiary/aromatic N) is 6. The fraction of sp³-hybridized carbons (Fsp3) is 0.308. The number of hydrogen-bond donors (Lipinski definition) is 0. The van der Waals surface area contributed by atoms with Crippen molar-refractivity contribution in [1.82, 2.24) is 18.7 Å². The molecule has 0 atom stereocenters. The predicted octanol–water partition coefficient (Wildman–Crippen LogP) is 1.65. The average Bonchev–Trinajstić information content (AvgIpc) is 3.30. The number of carbonyl (C=O) groups excluding carboxylic acids is 1. The van der Waals surface area contributed by atoms with E-state index in [4.69, 9.17) is 9.72 Å². The van der Waals surface area contributed by atoms with Crippen molar-refractivity contribution in [1.29, 1.82) is 0 Å². The van der Waals surface area contributed by atoms with Gasteiger partial charge in [-0.25, -0.2) is 4.79 Å². The number of hydrogen-bond acceptors (Lipinski definition) is 7. The zero-order chi connectivity index (χ0) is 25.4. The Hall–Kier alpha value is -4.34. The maximum atomic E-state index is 13.2. The Kier molecular flexibility index (Phi) is 6.09. The third-order valence-corrected chi connectivity index (χ3v) is 6.73. The Morgan fingerprint density at radius 3 is 2.17 bits per heavy atom. The number of aryl methyl sites for hydroxylation is 1. The van der Waals surface area contributed by atoms with Gasteiger partial charge < -0.3 is 14.5 Å². The van der Waals surface area contributed by atoms with Crippen molar-refractivity contribution in [3.8, 4) is 5.75 Å². The SMILES string of the molecule is COc1ccc(N2CCN(c3nc4c(c(=O)n(C)c(=O)n4C)n3CC(=O)c3ccccc3)CC2)cc1. The van der Waals surface area contributed by atoms with Crippen LogP contribution in [-0.4, -0.2) is 57.8 Å². The first-order valence-corrected chi connectivity index (χ1v) is 11.8. The average molecular weight is 489 g/mol. The van der Waals surface area contributed by atoms with E-state index in [0.717, 1.165) is 29.1 Å². The van der Waals surface area contributed by atoms with Crippen LogP contribution in [0.25, 0.3) is 11.2 Å². The molecule has 1 aliphatic heterocycles. The van der Waals surface area contributed by atoms with Crippen LogP contribution < -0.4 is 25.8 Å². The molecule has 186 valence electrons. The lowest BCUT2D eigenvalue weighted by molar-refractivity contribution is 0.0973. The first-order valence-electron chi connectivity index (χ1n) is 11.8. The number of carbonyl (C=O) groups is 1. The molecule has 0 N–H and O–H groups in total. The fourth-order valence-electron chi connectivity index (χ4n) is 4.64. The van der Waals surface area contributed by atoms with Gasteiger partial charge in [-0.3, -0.25) is 23.3 Å². The van der Waals surface area contributed by atoms with Gasteiger partial charge in [0.25, 0.3) is 5.56 Å². The molecule has 36 heavy (non-hydrogen) atoms. The highest BCUT2D eigenvalue weighted by molar-refractivity contribution is 5.97. The number of fused-ring (bicyclic) bond motifs is 1. The van der Waals surface area contributed by atoms with Gasteiger partial charge in [-0.15, -0.1) is 0 Å². The normalized spacial score (nSPS) is 13.9. The third kappa shape index (κ3) is 4.04. The summed E-state index contributed by atoms with van der Waals surface area (Å²) in [6, 6.07) is 16.9. The van der Waals surface area contributed by atoms with Gasteiger partial charge in [0, 0.05) is 51.5 Å². The maximum Gasteiger partial charge on any atom is 0.332 e. The van der Waals surface area contributed by atoms with Crippen LogP contribution in [0.4, 0.5) is 11.6 Å². The summed E-state index contributed by atoms with van der Waals surface area (Å²) >= 11 is 0. The Morgan fingerprint density at radius 2 is 1.53 bits per heavy atom. The predicted molar refractivity (Wildman–Crippen MR) is 138 cm³/mol. The van der Waals surface area contributed by atoms with Crippen LogP contribution in [0, 0.1) is 0 Å². The van der Waals surface area contributed by atoms with Crippen molar-refractivity contribution in [3.05, 3.63) is 81.0 Å². The molecule has 0 amide bonds. The summed E-state index contributed by atoms with van der Waals surface area (Å²) in [6.07, 6.45) is 0. The van der Waals surface area contributed by atoms with E-state index in [2.05, 4.69) is 9.80 Å². The summed E-state index contributed by atoms with van der Waals surface area (Å²) in [7, 11) is 4.67. The quantitative estimate of drug-likeness (QED) is 0.381. The summed E-state index contributed by atoms with van der Waals surface area (Å²) in [5.41, 5.74) is 1.25. The number of imidazole rings is 1. The number of Topliss-reactive ketones (excluding diaryl/α,β-unsaturated/α-hetero) is 1. The molecule has 2 aromatic carbocycles. The van der Waals surface area contributed by atoms with Gasteiger partial charge in [-0.1, -0.05) is 30.3 Å². The third-order valence-electron chi connectivity index (χ3n) is 6.73. The van der Waals surface area contributed by atoms with Crippen LogP contribution in [-0.2, 0) is 20.6 Å². The van der Waals surface area contributed by atoms with Crippen LogP contribution in [0.2, 0.25) is 0 Å². The van der Waals surface area contributed by atoms with Gasteiger partial charge in [0.2, 0.25) is 5.95 Å². The summed E-state index contributed by atoms with van der Waals surface area (Å²) in [5, 5.41) is 0. The first kappa shape index (κ1) is 23.4. The van der Waals surface area contributed by atoms with Crippen LogP contribution in [0.1, 0.15) is 10.4 Å². The van der Waals surface area contributed by atoms with Crippen LogP contribution >= 0.6 is 0 Å². The lowest BCUT2D eigenvalue weighted by Gasteiger charge is -2.36. The number of benzene rings is 2. The second-order valence-corrected chi connectivity index (χ2v) is 8.84. The topological polar surface area (TPSA) is 94.6 Å². The van der Waals surface area contributed by atoms with Crippen LogP contribution in [0.15, 0.2) is 64.2 Å². The number of piperazine rings is 1. The van der Waals surface area contributed by atoms with Gasteiger partial charge in [0.1, 0.15) is 5.75 Å². The molecule has 10 heteroatoms. The van der Waals surface area contributed by atoms with E-state index >= 15 is 0 Å². The summed E-state index contributed by atoms with van der Waals surface area (Å²) in [6.45, 7) is 2.70. The monoisotopic (exact) mass is 488 g/mol. The van der Waals surface area contributed by atoms with E-state index in [1.807, 2.05) is 30.3 Å². The van der Waals surface area contributed by atoms with Crippen molar-refractivity contribution in [3.63, 3.8) is 0 Å². The molecular formula is C26H28N6O4. The van der Waals surface area contributed by atoms with E-state index in [-0.39, 0.29) is 23.5 Å². The van der Waals surface area contributed by atoms with Gasteiger partial charge in [0.15, 0.2) is 16.9 Å². The summed E-state index contributed by atoms with van der Waals surface area (Å²) in [5.74, 6) is 1.19. The summed E-state index contributed by atoms with van der Waals surface area (Å²) in [4.78, 5) is 48.0. The van der Waals surface area contributed by atoms with Gasteiger partial charge in [-0.2, -0.15) is 4.98 Å². The Bertz CT molecular complexity index is 1530. The van der Waals surface area contributed by atoms with E-state index in [1.54, 1.807) is 43.0 Å². The minimum Gasteiger partial charge on any atom is -0.497 e. The highest BCUT2D eigenvalue weighted by Crippen LogP contribution is 2.25. The molecule has 10 nitrogen and oxygen atoms in total. The molecule has 4 aromatic rings. The number of methoxy groups -OCH3 is 1. The maximum absolute atomic E-state index is 13.2. The van der Waals surface area contributed by atoms with Crippen LogP contribution in [0.5, 0.6) is 5.75 Å². The second kappa shape index (κ2) is 9.37. The van der Waals surface area contributed by atoms with Crippen molar-refractivity contribution >= 4 is 28.6 Å². The highest BCUT2D eigenvalue weighted by Gasteiger charge is 2.27. The molecule has 2 aromatic heterocycles. The molecule has 0 saturated carbocycles. The molecule has 1 fully saturated rings.